The number of fused-ring (bicyclic) bond motifs is 1. The summed E-state index contributed by atoms with van der Waals surface area (Å²) in [5.74, 6) is 0.946. The van der Waals surface area contributed by atoms with Gasteiger partial charge in [0.15, 0.2) is 0 Å². The minimum Gasteiger partial charge on any atom is -0.280 e. The zero-order chi connectivity index (χ0) is 15.7. The molecule has 21 heavy (non-hydrogen) atoms. The van der Waals surface area contributed by atoms with Crippen LogP contribution in [0.2, 0.25) is 0 Å². The number of nitrogens with zero attached hydrogens (tertiary/aromatic N) is 3. The summed E-state index contributed by atoms with van der Waals surface area (Å²) < 4.78 is 2.55. The maximum absolute atomic E-state index is 12.5. The number of pyridine rings is 1. The normalized spacial score (nSPS) is 11.3. The van der Waals surface area contributed by atoms with E-state index in [2.05, 4.69) is 25.4 Å². The highest BCUT2D eigenvalue weighted by Crippen LogP contribution is 2.32. The predicted molar refractivity (Wildman–Crippen MR) is 87.2 cm³/mol. The first-order valence-electron chi connectivity index (χ1n) is 6.72. The topological polar surface area (TPSA) is 56.9 Å². The molecule has 2 aromatic heterocycles. The van der Waals surface area contributed by atoms with Gasteiger partial charge in [0.05, 0.1) is 5.39 Å². The first-order chi connectivity index (χ1) is 9.90. The Hall–Kier alpha value is -1.82. The van der Waals surface area contributed by atoms with Crippen LogP contribution in [0.3, 0.4) is 0 Å². The van der Waals surface area contributed by atoms with Gasteiger partial charge >= 0.3 is 5.69 Å². The molecule has 0 amide bonds. The molecule has 0 radical (unpaired) electrons. The van der Waals surface area contributed by atoms with E-state index in [0.29, 0.717) is 16.8 Å². The SMILES string of the molecule is C=CCSc1c(C(C)C)cnc2c1c(=O)n(C)c(=O)n2C. The Morgan fingerprint density at radius 3 is 2.57 bits per heavy atom. The zero-order valence-corrected chi connectivity index (χ0v) is 13.5. The molecule has 6 heteroatoms. The lowest BCUT2D eigenvalue weighted by molar-refractivity contribution is 0.703. The molecule has 0 aliphatic carbocycles. The molecular formula is C15H19N3O2S. The van der Waals surface area contributed by atoms with Crippen molar-refractivity contribution in [1.29, 1.82) is 0 Å². The number of thioether (sulfide) groups is 1. The molecule has 0 fully saturated rings. The Morgan fingerprint density at radius 2 is 2.00 bits per heavy atom. The first-order valence-corrected chi connectivity index (χ1v) is 7.71. The van der Waals surface area contributed by atoms with E-state index in [1.54, 1.807) is 31.1 Å². The van der Waals surface area contributed by atoms with Gasteiger partial charge < -0.3 is 0 Å². The fourth-order valence-corrected chi connectivity index (χ4v) is 3.29. The summed E-state index contributed by atoms with van der Waals surface area (Å²) in [6, 6.07) is 0. The fourth-order valence-electron chi connectivity index (χ4n) is 2.23. The van der Waals surface area contributed by atoms with Crippen LogP contribution in [0.25, 0.3) is 11.0 Å². The van der Waals surface area contributed by atoms with Crippen molar-refractivity contribution in [2.45, 2.75) is 24.7 Å². The smallest absolute Gasteiger partial charge is 0.280 e. The van der Waals surface area contributed by atoms with E-state index in [1.165, 1.54) is 11.6 Å². The molecule has 0 saturated heterocycles. The third-order valence-corrected chi connectivity index (χ3v) is 4.55. The molecule has 0 spiro atoms. The third kappa shape index (κ3) is 2.55. The van der Waals surface area contributed by atoms with E-state index in [-0.39, 0.29) is 17.2 Å². The van der Waals surface area contributed by atoms with Crippen molar-refractivity contribution >= 4 is 22.8 Å². The minimum atomic E-state index is -0.364. The molecule has 112 valence electrons. The average molecular weight is 305 g/mol. The van der Waals surface area contributed by atoms with Crippen LogP contribution in [0, 0.1) is 0 Å². The molecule has 0 unspecified atom stereocenters. The highest BCUT2D eigenvalue weighted by molar-refractivity contribution is 7.99. The van der Waals surface area contributed by atoms with Crippen LogP contribution in [0.5, 0.6) is 0 Å². The van der Waals surface area contributed by atoms with Gasteiger partial charge in [0, 0.05) is 30.9 Å². The molecule has 0 bridgehead atoms. The summed E-state index contributed by atoms with van der Waals surface area (Å²) in [6.07, 6.45) is 3.56. The summed E-state index contributed by atoms with van der Waals surface area (Å²) >= 11 is 1.56. The van der Waals surface area contributed by atoms with Crippen molar-refractivity contribution in [2.75, 3.05) is 5.75 Å². The van der Waals surface area contributed by atoms with Crippen LogP contribution < -0.4 is 11.2 Å². The van der Waals surface area contributed by atoms with Crippen LogP contribution in [0.1, 0.15) is 25.3 Å². The Kier molecular flexibility index (Phi) is 4.37. The van der Waals surface area contributed by atoms with E-state index < -0.39 is 0 Å². The lowest BCUT2D eigenvalue weighted by Crippen LogP contribution is -2.37. The summed E-state index contributed by atoms with van der Waals surface area (Å²) in [5, 5.41) is 0.512. The lowest BCUT2D eigenvalue weighted by Gasteiger charge is -2.15. The fraction of sp³-hybridized carbons (Fsp3) is 0.400. The van der Waals surface area contributed by atoms with E-state index in [9.17, 15) is 9.59 Å². The van der Waals surface area contributed by atoms with Crippen LogP contribution >= 0.6 is 11.8 Å². The highest BCUT2D eigenvalue weighted by atomic mass is 32.2. The van der Waals surface area contributed by atoms with Crippen LogP contribution in [-0.4, -0.2) is 19.9 Å². The van der Waals surface area contributed by atoms with Gasteiger partial charge in [0.1, 0.15) is 5.65 Å². The molecule has 2 heterocycles. The Morgan fingerprint density at radius 1 is 1.33 bits per heavy atom. The second-order valence-corrected chi connectivity index (χ2v) is 6.23. The molecule has 0 aliphatic rings. The third-order valence-electron chi connectivity index (χ3n) is 3.42. The summed E-state index contributed by atoms with van der Waals surface area (Å²) in [7, 11) is 3.13. The van der Waals surface area contributed by atoms with E-state index in [0.717, 1.165) is 15.0 Å². The Balaban J connectivity index is 2.98. The largest absolute Gasteiger partial charge is 0.332 e. The highest BCUT2D eigenvalue weighted by Gasteiger charge is 2.18. The average Bonchev–Trinajstić information content (AvgIpc) is 2.47. The summed E-state index contributed by atoms with van der Waals surface area (Å²) in [5.41, 5.74) is 0.788. The second kappa shape index (κ2) is 5.89. The summed E-state index contributed by atoms with van der Waals surface area (Å²) in [6.45, 7) is 7.85. The molecule has 2 aromatic rings. The van der Waals surface area contributed by atoms with Gasteiger partial charge in [-0.3, -0.25) is 13.9 Å². The van der Waals surface area contributed by atoms with Gasteiger partial charge in [-0.1, -0.05) is 19.9 Å². The molecule has 0 aliphatic heterocycles. The molecule has 0 saturated carbocycles. The van der Waals surface area contributed by atoms with Gasteiger partial charge in [-0.15, -0.1) is 18.3 Å². The van der Waals surface area contributed by atoms with Crippen molar-refractivity contribution in [1.82, 2.24) is 14.1 Å². The van der Waals surface area contributed by atoms with Gasteiger partial charge in [-0.25, -0.2) is 9.78 Å². The minimum absolute atomic E-state index is 0.246. The maximum Gasteiger partial charge on any atom is 0.332 e. The molecule has 5 nitrogen and oxygen atoms in total. The van der Waals surface area contributed by atoms with Crippen molar-refractivity contribution in [2.24, 2.45) is 14.1 Å². The number of hydrogen-bond acceptors (Lipinski definition) is 4. The number of aryl methyl sites for hydroxylation is 1. The van der Waals surface area contributed by atoms with E-state index >= 15 is 0 Å². The second-order valence-electron chi connectivity index (χ2n) is 5.20. The van der Waals surface area contributed by atoms with Gasteiger partial charge in [-0.05, 0) is 11.5 Å². The Labute approximate surface area is 127 Å². The zero-order valence-electron chi connectivity index (χ0n) is 12.7. The van der Waals surface area contributed by atoms with Crippen LogP contribution in [-0.2, 0) is 14.1 Å². The van der Waals surface area contributed by atoms with E-state index in [4.69, 9.17) is 0 Å². The lowest BCUT2D eigenvalue weighted by atomic mass is 10.0. The predicted octanol–water partition coefficient (Wildman–Crippen LogP) is 2.03. The summed E-state index contributed by atoms with van der Waals surface area (Å²) in [4.78, 5) is 29.8. The molecule has 0 N–H and O–H groups in total. The standard InChI is InChI=1S/C15H19N3O2S/c1-6-7-21-12-10(9(2)3)8-16-13-11(12)14(19)18(5)15(20)17(13)4/h6,8-9H,1,7H2,2-5H3. The molecule has 0 atom stereocenters. The molecule has 2 rings (SSSR count). The van der Waals surface area contributed by atoms with Crippen molar-refractivity contribution in [3.8, 4) is 0 Å². The van der Waals surface area contributed by atoms with Crippen LogP contribution in [0.15, 0.2) is 33.3 Å². The van der Waals surface area contributed by atoms with E-state index in [1.807, 2.05) is 0 Å². The van der Waals surface area contributed by atoms with Gasteiger partial charge in [-0.2, -0.15) is 0 Å². The van der Waals surface area contributed by atoms with Gasteiger partial charge in [0.25, 0.3) is 5.56 Å². The first kappa shape index (κ1) is 15.6. The maximum atomic E-state index is 12.5. The quantitative estimate of drug-likeness (QED) is 0.641. The molecule has 0 aromatic carbocycles. The Bertz CT molecular complexity index is 818. The van der Waals surface area contributed by atoms with Crippen LogP contribution in [0.4, 0.5) is 0 Å². The van der Waals surface area contributed by atoms with Crippen molar-refractivity contribution < 1.29 is 0 Å². The van der Waals surface area contributed by atoms with Gasteiger partial charge in [0.2, 0.25) is 0 Å². The number of hydrogen-bond donors (Lipinski definition) is 0. The monoisotopic (exact) mass is 305 g/mol. The number of rotatable bonds is 4. The molecular weight excluding hydrogens is 286 g/mol. The van der Waals surface area contributed by atoms with Crippen molar-refractivity contribution in [3.63, 3.8) is 0 Å². The number of aromatic nitrogens is 3. The van der Waals surface area contributed by atoms with Crippen molar-refractivity contribution in [3.05, 3.63) is 45.3 Å².